The van der Waals surface area contributed by atoms with Gasteiger partial charge in [-0.25, -0.2) is 0 Å². The highest BCUT2D eigenvalue weighted by Crippen LogP contribution is 2.37. The van der Waals surface area contributed by atoms with E-state index in [1.807, 2.05) is 0 Å². The first-order valence-electron chi connectivity index (χ1n) is 8.43. The van der Waals surface area contributed by atoms with Gasteiger partial charge in [0, 0.05) is 16.7 Å². The fraction of sp³-hybridized carbons (Fsp3) is 0.0476. The second kappa shape index (κ2) is 8.24. The number of methoxy groups -OCH3 is 1. The van der Waals surface area contributed by atoms with E-state index in [1.165, 1.54) is 16.7 Å². The fourth-order valence-corrected chi connectivity index (χ4v) is 4.60. The molecule has 1 aliphatic rings. The minimum atomic E-state index is -0.201. The van der Waals surface area contributed by atoms with Crippen LogP contribution < -0.4 is 9.64 Å². The molecular formula is C21H13Cl2NO3S2. The number of amides is 1. The van der Waals surface area contributed by atoms with E-state index in [-0.39, 0.29) is 5.91 Å². The van der Waals surface area contributed by atoms with Crippen molar-refractivity contribution in [2.45, 2.75) is 0 Å². The maximum atomic E-state index is 12.9. The van der Waals surface area contributed by atoms with Crippen molar-refractivity contribution in [3.8, 4) is 17.1 Å². The van der Waals surface area contributed by atoms with Gasteiger partial charge in [-0.3, -0.25) is 9.69 Å². The number of thioether (sulfide) groups is 1. The minimum Gasteiger partial charge on any atom is -0.497 e. The number of halogens is 2. The number of carbonyl (C=O) groups is 1. The first kappa shape index (κ1) is 20.0. The van der Waals surface area contributed by atoms with E-state index in [0.717, 1.165) is 5.56 Å². The molecule has 0 atom stereocenters. The van der Waals surface area contributed by atoms with Gasteiger partial charge in [0.2, 0.25) is 0 Å². The lowest BCUT2D eigenvalue weighted by Gasteiger charge is -2.14. The van der Waals surface area contributed by atoms with Gasteiger partial charge in [-0.2, -0.15) is 0 Å². The topological polar surface area (TPSA) is 42.7 Å². The molecule has 146 valence electrons. The zero-order valence-corrected chi connectivity index (χ0v) is 18.2. The summed E-state index contributed by atoms with van der Waals surface area (Å²) in [6.07, 6.45) is 1.68. The molecule has 29 heavy (non-hydrogen) atoms. The molecule has 0 spiro atoms. The quantitative estimate of drug-likeness (QED) is 0.320. The Morgan fingerprint density at radius 2 is 1.86 bits per heavy atom. The summed E-state index contributed by atoms with van der Waals surface area (Å²) in [7, 11) is 1.59. The number of nitrogens with zero attached hydrogens (tertiary/aromatic N) is 1. The summed E-state index contributed by atoms with van der Waals surface area (Å²) in [4.78, 5) is 14.9. The molecule has 8 heteroatoms. The lowest BCUT2D eigenvalue weighted by atomic mass is 10.2. The summed E-state index contributed by atoms with van der Waals surface area (Å²) in [5.41, 5.74) is 1.41. The third-order valence-corrected chi connectivity index (χ3v) is 6.07. The van der Waals surface area contributed by atoms with Crippen LogP contribution in [0, 0.1) is 0 Å². The SMILES string of the molecule is COc1ccc(N2C(=O)/C(=C/c3ccc(-c4ccc(Cl)cc4Cl)o3)SC2=S)cc1. The normalized spacial score (nSPS) is 15.4. The van der Waals surface area contributed by atoms with Gasteiger partial charge in [-0.15, -0.1) is 0 Å². The number of furan rings is 1. The van der Waals surface area contributed by atoms with E-state index in [2.05, 4.69) is 0 Å². The van der Waals surface area contributed by atoms with Gasteiger partial charge in [-0.1, -0.05) is 47.2 Å². The van der Waals surface area contributed by atoms with Crippen LogP contribution >= 0.6 is 47.2 Å². The maximum absolute atomic E-state index is 12.9. The average molecular weight is 462 g/mol. The third-order valence-electron chi connectivity index (χ3n) is 4.22. The molecule has 1 fully saturated rings. The van der Waals surface area contributed by atoms with Crippen LogP contribution in [0.5, 0.6) is 5.75 Å². The molecule has 0 saturated carbocycles. The lowest BCUT2D eigenvalue weighted by molar-refractivity contribution is -0.113. The number of hydrogen-bond donors (Lipinski definition) is 0. The molecule has 1 aliphatic heterocycles. The van der Waals surface area contributed by atoms with Crippen LogP contribution in [0.25, 0.3) is 17.4 Å². The number of thiocarbonyl (C=S) groups is 1. The van der Waals surface area contributed by atoms with E-state index < -0.39 is 0 Å². The van der Waals surface area contributed by atoms with Crippen LogP contribution in [0.2, 0.25) is 10.0 Å². The lowest BCUT2D eigenvalue weighted by Crippen LogP contribution is -2.27. The number of benzene rings is 2. The van der Waals surface area contributed by atoms with Crippen molar-refractivity contribution in [3.63, 3.8) is 0 Å². The summed E-state index contributed by atoms with van der Waals surface area (Å²) < 4.78 is 11.5. The Balaban J connectivity index is 1.60. The number of ether oxygens (including phenoxy) is 1. The molecule has 3 aromatic rings. The van der Waals surface area contributed by atoms with Gasteiger partial charge in [0.15, 0.2) is 4.32 Å². The Kier molecular flexibility index (Phi) is 5.69. The van der Waals surface area contributed by atoms with E-state index in [0.29, 0.717) is 42.2 Å². The second-order valence-corrected chi connectivity index (χ2v) is 8.56. The van der Waals surface area contributed by atoms with Crippen molar-refractivity contribution in [1.29, 1.82) is 0 Å². The first-order valence-corrected chi connectivity index (χ1v) is 10.4. The Labute approximate surface area is 187 Å². The zero-order valence-electron chi connectivity index (χ0n) is 15.0. The Morgan fingerprint density at radius 1 is 1.10 bits per heavy atom. The fourth-order valence-electron chi connectivity index (χ4n) is 2.82. The molecule has 1 amide bonds. The van der Waals surface area contributed by atoms with Crippen molar-refractivity contribution >= 4 is 69.2 Å². The monoisotopic (exact) mass is 461 g/mol. The highest BCUT2D eigenvalue weighted by atomic mass is 35.5. The largest absolute Gasteiger partial charge is 0.497 e. The molecule has 0 unspecified atom stereocenters. The number of anilines is 1. The van der Waals surface area contributed by atoms with Gasteiger partial charge in [0.05, 0.1) is 22.7 Å². The summed E-state index contributed by atoms with van der Waals surface area (Å²) in [5.74, 6) is 1.62. The Hall–Kier alpha value is -2.25. The van der Waals surface area contributed by atoms with Crippen LogP contribution in [-0.4, -0.2) is 17.3 Å². The molecule has 0 bridgehead atoms. The minimum absolute atomic E-state index is 0.201. The van der Waals surface area contributed by atoms with Gasteiger partial charge in [-0.05, 0) is 54.6 Å². The van der Waals surface area contributed by atoms with Crippen molar-refractivity contribution < 1.29 is 13.9 Å². The van der Waals surface area contributed by atoms with Crippen LogP contribution in [0.3, 0.4) is 0 Å². The molecule has 0 aliphatic carbocycles. The van der Waals surface area contributed by atoms with Gasteiger partial charge in [0.1, 0.15) is 17.3 Å². The summed E-state index contributed by atoms with van der Waals surface area (Å²) in [6, 6.07) is 15.9. The summed E-state index contributed by atoms with van der Waals surface area (Å²) in [6.45, 7) is 0. The predicted molar refractivity (Wildman–Crippen MR) is 123 cm³/mol. The van der Waals surface area contributed by atoms with Crippen LogP contribution in [0.1, 0.15) is 5.76 Å². The highest BCUT2D eigenvalue weighted by molar-refractivity contribution is 8.27. The standard InChI is InChI=1S/C21H13Cl2NO3S2/c1-26-14-5-3-13(4-6-14)24-20(25)19(29-21(24)28)11-15-7-9-18(27-15)16-8-2-12(22)10-17(16)23/h2-11H,1H3/b19-11-. The molecule has 4 rings (SSSR count). The van der Waals surface area contributed by atoms with Crippen molar-refractivity contribution in [2.75, 3.05) is 12.0 Å². The molecule has 2 aromatic carbocycles. The first-order chi connectivity index (χ1) is 14.0. The number of carbonyl (C=O) groups excluding carboxylic acids is 1. The molecule has 2 heterocycles. The van der Waals surface area contributed by atoms with E-state index in [1.54, 1.807) is 67.8 Å². The second-order valence-electron chi connectivity index (χ2n) is 6.04. The third kappa shape index (κ3) is 4.07. The smallest absolute Gasteiger partial charge is 0.270 e. The van der Waals surface area contributed by atoms with Crippen LogP contribution in [0.15, 0.2) is 63.9 Å². The highest BCUT2D eigenvalue weighted by Gasteiger charge is 2.33. The van der Waals surface area contributed by atoms with Crippen LogP contribution in [0.4, 0.5) is 5.69 Å². The number of hydrogen-bond acceptors (Lipinski definition) is 5. The molecule has 1 aromatic heterocycles. The van der Waals surface area contributed by atoms with Crippen molar-refractivity contribution in [3.05, 3.63) is 75.3 Å². The Morgan fingerprint density at radius 3 is 2.55 bits per heavy atom. The molecular weight excluding hydrogens is 449 g/mol. The summed E-state index contributed by atoms with van der Waals surface area (Å²) >= 11 is 18.8. The average Bonchev–Trinajstić information content (AvgIpc) is 3.26. The molecule has 0 N–H and O–H groups in total. The predicted octanol–water partition coefficient (Wildman–Crippen LogP) is 6.67. The van der Waals surface area contributed by atoms with Crippen LogP contribution in [-0.2, 0) is 4.79 Å². The maximum Gasteiger partial charge on any atom is 0.270 e. The van der Waals surface area contributed by atoms with E-state index in [9.17, 15) is 4.79 Å². The Bertz CT molecular complexity index is 1140. The van der Waals surface area contributed by atoms with Gasteiger partial charge >= 0.3 is 0 Å². The van der Waals surface area contributed by atoms with Gasteiger partial charge < -0.3 is 9.15 Å². The molecule has 0 radical (unpaired) electrons. The van der Waals surface area contributed by atoms with E-state index in [4.69, 9.17) is 44.6 Å². The number of rotatable bonds is 4. The van der Waals surface area contributed by atoms with Crippen molar-refractivity contribution in [1.82, 2.24) is 0 Å². The molecule has 1 saturated heterocycles. The van der Waals surface area contributed by atoms with Crippen molar-refractivity contribution in [2.24, 2.45) is 0 Å². The molecule has 4 nitrogen and oxygen atoms in total. The summed E-state index contributed by atoms with van der Waals surface area (Å²) in [5, 5.41) is 1.04. The van der Waals surface area contributed by atoms with E-state index >= 15 is 0 Å². The van der Waals surface area contributed by atoms with Gasteiger partial charge in [0.25, 0.3) is 5.91 Å². The zero-order chi connectivity index (χ0) is 20.5.